The minimum absolute atomic E-state index is 0.0342. The number of carboxylic acids is 1. The van der Waals surface area contributed by atoms with Gasteiger partial charge in [0.2, 0.25) is 0 Å². The van der Waals surface area contributed by atoms with Crippen LogP contribution in [0.4, 0.5) is 5.82 Å². The molecule has 1 fully saturated rings. The number of aryl methyl sites for hydroxylation is 2. The zero-order chi connectivity index (χ0) is 20.8. The van der Waals surface area contributed by atoms with Crippen LogP contribution in [0.5, 0.6) is 0 Å². The average molecular weight is 396 g/mol. The predicted octanol–water partition coefficient (Wildman–Crippen LogP) is 4.81. The van der Waals surface area contributed by atoms with E-state index in [9.17, 15) is 14.7 Å². The van der Waals surface area contributed by atoms with Crippen LogP contribution >= 0.6 is 0 Å². The normalized spacial score (nSPS) is 15.7. The van der Waals surface area contributed by atoms with Crippen LogP contribution < -0.4 is 5.32 Å². The molecule has 0 amide bonds. The zero-order valence-corrected chi connectivity index (χ0v) is 17.1. The Morgan fingerprint density at radius 3 is 2.52 bits per heavy atom. The summed E-state index contributed by atoms with van der Waals surface area (Å²) >= 11 is 0. The molecule has 0 aliphatic heterocycles. The first-order valence-electron chi connectivity index (χ1n) is 10.3. The van der Waals surface area contributed by atoms with Gasteiger partial charge in [-0.25, -0.2) is 4.79 Å². The van der Waals surface area contributed by atoms with Crippen molar-refractivity contribution in [1.82, 2.24) is 9.78 Å². The Balaban J connectivity index is 1.92. The van der Waals surface area contributed by atoms with Crippen molar-refractivity contribution in [2.45, 2.75) is 51.9 Å². The summed E-state index contributed by atoms with van der Waals surface area (Å²) in [5.74, 6) is 0.130. The largest absolute Gasteiger partial charge is 0.476 e. The van der Waals surface area contributed by atoms with Gasteiger partial charge >= 0.3 is 5.97 Å². The van der Waals surface area contributed by atoms with Gasteiger partial charge in [0.1, 0.15) is 12.1 Å². The minimum Gasteiger partial charge on any atom is -0.476 e. The van der Waals surface area contributed by atoms with E-state index in [1.165, 1.54) is 42.9 Å². The molecular weight excluding hydrogens is 366 g/mol. The SMILES string of the molecule is Cc1ccc(/C(Nc2cc(C(=O)O)nn2C)=C(/C=O)CCC2CCCCC2)cc1. The predicted molar refractivity (Wildman–Crippen MR) is 114 cm³/mol. The van der Waals surface area contributed by atoms with Crippen molar-refractivity contribution < 1.29 is 14.7 Å². The lowest BCUT2D eigenvalue weighted by atomic mass is 9.85. The van der Waals surface area contributed by atoms with Crippen LogP contribution in [0.3, 0.4) is 0 Å². The Bertz CT molecular complexity index is 891. The van der Waals surface area contributed by atoms with Crippen molar-refractivity contribution in [3.05, 3.63) is 52.7 Å². The number of aldehydes is 1. The Morgan fingerprint density at radius 1 is 1.24 bits per heavy atom. The first kappa shape index (κ1) is 20.8. The topological polar surface area (TPSA) is 84.2 Å². The number of anilines is 1. The maximum atomic E-state index is 12.0. The van der Waals surface area contributed by atoms with E-state index in [0.717, 1.165) is 29.5 Å². The van der Waals surface area contributed by atoms with E-state index in [1.54, 1.807) is 7.05 Å². The van der Waals surface area contributed by atoms with Gasteiger partial charge in [-0.15, -0.1) is 0 Å². The molecule has 0 radical (unpaired) electrons. The molecule has 0 atom stereocenters. The monoisotopic (exact) mass is 395 g/mol. The van der Waals surface area contributed by atoms with E-state index < -0.39 is 5.97 Å². The number of nitrogens with one attached hydrogen (secondary N) is 1. The Kier molecular flexibility index (Phi) is 6.86. The molecule has 1 aromatic carbocycles. The van der Waals surface area contributed by atoms with E-state index in [1.807, 2.05) is 31.2 Å². The van der Waals surface area contributed by atoms with Crippen LogP contribution in [0.15, 0.2) is 35.9 Å². The lowest BCUT2D eigenvalue weighted by Gasteiger charge is -2.22. The van der Waals surface area contributed by atoms with E-state index in [2.05, 4.69) is 10.4 Å². The summed E-state index contributed by atoms with van der Waals surface area (Å²) in [6, 6.07) is 9.46. The fourth-order valence-electron chi connectivity index (χ4n) is 3.95. The summed E-state index contributed by atoms with van der Waals surface area (Å²) in [6.07, 6.45) is 8.98. The number of rotatable bonds is 8. The summed E-state index contributed by atoms with van der Waals surface area (Å²) in [5, 5.41) is 16.5. The standard InChI is InChI=1S/C23H29N3O3/c1-16-8-11-18(12-9-16)22(24-21-14-20(23(28)29)25-26(21)2)19(15-27)13-10-17-6-4-3-5-7-17/h8-9,11-12,14-15,17,24H,3-7,10,13H2,1-2H3,(H,28,29)/b22-19-. The van der Waals surface area contributed by atoms with Gasteiger partial charge in [0.25, 0.3) is 0 Å². The number of allylic oxidation sites excluding steroid dienone is 1. The Labute approximate surface area is 171 Å². The number of benzene rings is 1. The van der Waals surface area contributed by atoms with E-state index in [0.29, 0.717) is 23.7 Å². The quantitative estimate of drug-likeness (QED) is 0.495. The zero-order valence-electron chi connectivity index (χ0n) is 17.1. The molecule has 1 saturated carbocycles. The van der Waals surface area contributed by atoms with E-state index in [-0.39, 0.29) is 5.69 Å². The molecule has 154 valence electrons. The molecule has 2 aromatic rings. The Hall–Kier alpha value is -2.89. The Morgan fingerprint density at radius 2 is 1.93 bits per heavy atom. The molecule has 0 spiro atoms. The number of hydrogen-bond acceptors (Lipinski definition) is 4. The number of aromatic nitrogens is 2. The van der Waals surface area contributed by atoms with Crippen LogP contribution in [0.2, 0.25) is 0 Å². The fraction of sp³-hybridized carbons (Fsp3) is 0.435. The van der Waals surface area contributed by atoms with Crippen LogP contribution in [0.1, 0.15) is 66.6 Å². The molecule has 0 bridgehead atoms. The molecular formula is C23H29N3O3. The highest BCUT2D eigenvalue weighted by Gasteiger charge is 2.18. The van der Waals surface area contributed by atoms with Crippen molar-refractivity contribution >= 4 is 23.8 Å². The highest BCUT2D eigenvalue weighted by Crippen LogP contribution is 2.30. The van der Waals surface area contributed by atoms with Crippen LogP contribution in [0, 0.1) is 12.8 Å². The van der Waals surface area contributed by atoms with E-state index >= 15 is 0 Å². The first-order chi connectivity index (χ1) is 14.0. The average Bonchev–Trinajstić information content (AvgIpc) is 3.10. The molecule has 1 aliphatic rings. The highest BCUT2D eigenvalue weighted by atomic mass is 16.4. The molecule has 6 heteroatoms. The third-order valence-electron chi connectivity index (χ3n) is 5.70. The molecule has 2 N–H and O–H groups in total. The van der Waals surface area contributed by atoms with Crippen molar-refractivity contribution in [3.63, 3.8) is 0 Å². The first-order valence-corrected chi connectivity index (χ1v) is 10.3. The van der Waals surface area contributed by atoms with E-state index in [4.69, 9.17) is 0 Å². The molecule has 1 heterocycles. The van der Waals surface area contributed by atoms with Gasteiger partial charge in [0, 0.05) is 18.7 Å². The maximum absolute atomic E-state index is 12.0. The number of carbonyl (C=O) groups excluding carboxylic acids is 1. The van der Waals surface area contributed by atoms with Gasteiger partial charge in [-0.2, -0.15) is 5.10 Å². The van der Waals surface area contributed by atoms with Gasteiger partial charge in [-0.1, -0.05) is 61.9 Å². The summed E-state index contributed by atoms with van der Waals surface area (Å²) in [4.78, 5) is 23.3. The summed E-state index contributed by atoms with van der Waals surface area (Å²) in [5.41, 5.74) is 3.43. The third-order valence-corrected chi connectivity index (χ3v) is 5.70. The van der Waals surface area contributed by atoms with Crippen molar-refractivity contribution in [3.8, 4) is 0 Å². The summed E-state index contributed by atoms with van der Waals surface area (Å²) < 4.78 is 1.49. The molecule has 3 rings (SSSR count). The summed E-state index contributed by atoms with van der Waals surface area (Å²) in [7, 11) is 1.68. The summed E-state index contributed by atoms with van der Waals surface area (Å²) in [6.45, 7) is 2.02. The lowest BCUT2D eigenvalue weighted by Crippen LogP contribution is -2.10. The maximum Gasteiger partial charge on any atom is 0.356 e. The van der Waals surface area contributed by atoms with Gasteiger partial charge in [-0.05, 0) is 31.2 Å². The molecule has 0 unspecified atom stereocenters. The van der Waals surface area contributed by atoms with Gasteiger partial charge < -0.3 is 10.4 Å². The molecule has 29 heavy (non-hydrogen) atoms. The molecule has 1 aromatic heterocycles. The van der Waals surface area contributed by atoms with Crippen LogP contribution in [0.25, 0.3) is 5.70 Å². The minimum atomic E-state index is -1.08. The van der Waals surface area contributed by atoms with Crippen LogP contribution in [-0.4, -0.2) is 27.1 Å². The number of carbonyl (C=O) groups is 2. The number of carboxylic acid groups (broad SMARTS) is 1. The van der Waals surface area contributed by atoms with Crippen molar-refractivity contribution in [2.75, 3.05) is 5.32 Å². The number of nitrogens with zero attached hydrogens (tertiary/aromatic N) is 2. The molecule has 1 aliphatic carbocycles. The highest BCUT2D eigenvalue weighted by molar-refractivity contribution is 5.93. The second-order valence-electron chi connectivity index (χ2n) is 7.90. The second-order valence-corrected chi connectivity index (χ2v) is 7.90. The van der Waals surface area contributed by atoms with Crippen LogP contribution in [-0.2, 0) is 11.8 Å². The smallest absolute Gasteiger partial charge is 0.356 e. The van der Waals surface area contributed by atoms with Crippen molar-refractivity contribution in [2.24, 2.45) is 13.0 Å². The number of hydrogen-bond donors (Lipinski definition) is 2. The lowest BCUT2D eigenvalue weighted by molar-refractivity contribution is -0.105. The fourth-order valence-corrected chi connectivity index (χ4v) is 3.95. The third kappa shape index (κ3) is 5.34. The van der Waals surface area contributed by atoms with Gasteiger partial charge in [-0.3, -0.25) is 9.48 Å². The molecule has 6 nitrogen and oxygen atoms in total. The molecule has 0 saturated heterocycles. The van der Waals surface area contributed by atoms with Gasteiger partial charge in [0.05, 0.1) is 5.70 Å². The number of aromatic carboxylic acids is 1. The van der Waals surface area contributed by atoms with Gasteiger partial charge in [0.15, 0.2) is 5.69 Å². The second kappa shape index (κ2) is 9.54. The van der Waals surface area contributed by atoms with Crippen molar-refractivity contribution in [1.29, 1.82) is 0 Å².